The summed E-state index contributed by atoms with van der Waals surface area (Å²) in [5.41, 5.74) is 0. The monoisotopic (exact) mass is 244 g/mol. The van der Waals surface area contributed by atoms with Gasteiger partial charge in [0.25, 0.3) is 0 Å². The Bertz CT molecular complexity index is 236. The molecule has 5 heteroatoms. The lowest BCUT2D eigenvalue weighted by Gasteiger charge is -2.26. The highest BCUT2D eigenvalue weighted by Gasteiger charge is 2.35. The predicted octanol–water partition coefficient (Wildman–Crippen LogP) is -0.158. The number of likely N-dealkylation sites (N-methyl/N-ethyl adjacent to an activating group) is 1. The van der Waals surface area contributed by atoms with Crippen LogP contribution in [0.3, 0.4) is 0 Å². The van der Waals surface area contributed by atoms with Gasteiger partial charge in [-0.3, -0.25) is 4.79 Å². The van der Waals surface area contributed by atoms with Crippen molar-refractivity contribution < 1.29 is 14.6 Å². The van der Waals surface area contributed by atoms with E-state index in [2.05, 4.69) is 12.2 Å². The van der Waals surface area contributed by atoms with Crippen LogP contribution >= 0.6 is 0 Å². The van der Waals surface area contributed by atoms with Crippen molar-refractivity contribution in [2.45, 2.75) is 25.8 Å². The summed E-state index contributed by atoms with van der Waals surface area (Å²) in [7, 11) is 1.85. The molecule has 0 radical (unpaired) electrons. The number of carbonyl (C=O) groups excluding carboxylic acids is 1. The second-order valence-electron chi connectivity index (χ2n) is 4.44. The number of amides is 1. The molecule has 0 aromatic heterocycles. The Morgan fingerprint density at radius 3 is 2.82 bits per heavy atom. The molecule has 0 spiro atoms. The lowest BCUT2D eigenvalue weighted by Crippen LogP contribution is -2.46. The zero-order chi connectivity index (χ0) is 12.7. The maximum Gasteiger partial charge on any atom is 0.229 e. The highest BCUT2D eigenvalue weighted by molar-refractivity contribution is 5.80. The van der Waals surface area contributed by atoms with Crippen molar-refractivity contribution in [2.24, 2.45) is 5.92 Å². The SMILES string of the molecule is CCCCN(CCO)C(=O)C1COCC1NC. The van der Waals surface area contributed by atoms with Crippen molar-refractivity contribution in [1.29, 1.82) is 0 Å². The maximum atomic E-state index is 12.3. The van der Waals surface area contributed by atoms with Crippen LogP contribution in [0.2, 0.25) is 0 Å². The van der Waals surface area contributed by atoms with Crippen molar-refractivity contribution in [3.05, 3.63) is 0 Å². The molecular formula is C12H24N2O3. The van der Waals surface area contributed by atoms with E-state index >= 15 is 0 Å². The van der Waals surface area contributed by atoms with Gasteiger partial charge >= 0.3 is 0 Å². The molecule has 100 valence electrons. The van der Waals surface area contributed by atoms with Gasteiger partial charge in [-0.05, 0) is 13.5 Å². The fraction of sp³-hybridized carbons (Fsp3) is 0.917. The van der Waals surface area contributed by atoms with Crippen LogP contribution in [0.1, 0.15) is 19.8 Å². The second kappa shape index (κ2) is 7.63. The first-order valence-electron chi connectivity index (χ1n) is 6.39. The van der Waals surface area contributed by atoms with Gasteiger partial charge in [0.05, 0.1) is 25.7 Å². The lowest BCUT2D eigenvalue weighted by atomic mass is 10.0. The molecular weight excluding hydrogens is 220 g/mol. The van der Waals surface area contributed by atoms with Gasteiger partial charge in [-0.2, -0.15) is 0 Å². The molecule has 1 saturated heterocycles. The Morgan fingerprint density at radius 1 is 1.47 bits per heavy atom. The van der Waals surface area contributed by atoms with E-state index in [4.69, 9.17) is 9.84 Å². The lowest BCUT2D eigenvalue weighted by molar-refractivity contribution is -0.136. The zero-order valence-corrected chi connectivity index (χ0v) is 10.8. The Balaban J connectivity index is 2.56. The van der Waals surface area contributed by atoms with Crippen LogP contribution in [0.25, 0.3) is 0 Å². The number of ether oxygens (including phenoxy) is 1. The summed E-state index contributed by atoms with van der Waals surface area (Å²) < 4.78 is 5.34. The van der Waals surface area contributed by atoms with Crippen LogP contribution in [0, 0.1) is 5.92 Å². The molecule has 17 heavy (non-hydrogen) atoms. The third kappa shape index (κ3) is 3.94. The van der Waals surface area contributed by atoms with Gasteiger partial charge in [-0.25, -0.2) is 0 Å². The van der Waals surface area contributed by atoms with Gasteiger partial charge in [0.1, 0.15) is 0 Å². The standard InChI is InChI=1S/C12H24N2O3/c1-3-4-5-14(6-7-15)12(16)10-8-17-9-11(10)13-2/h10-11,13,15H,3-9H2,1-2H3. The van der Waals surface area contributed by atoms with Crippen LogP contribution in [-0.2, 0) is 9.53 Å². The van der Waals surface area contributed by atoms with Crippen LogP contribution in [0.4, 0.5) is 0 Å². The number of hydrogen-bond acceptors (Lipinski definition) is 4. The summed E-state index contributed by atoms with van der Waals surface area (Å²) in [6.45, 7) is 4.34. The predicted molar refractivity (Wildman–Crippen MR) is 65.7 cm³/mol. The summed E-state index contributed by atoms with van der Waals surface area (Å²) in [5, 5.41) is 12.1. The molecule has 0 bridgehead atoms. The molecule has 2 atom stereocenters. The van der Waals surface area contributed by atoms with E-state index in [0.29, 0.717) is 19.8 Å². The molecule has 5 nitrogen and oxygen atoms in total. The Labute approximate surface area is 103 Å². The summed E-state index contributed by atoms with van der Waals surface area (Å²) in [5.74, 6) is -0.00671. The normalized spacial score (nSPS) is 23.9. The fourth-order valence-corrected chi connectivity index (χ4v) is 2.12. The van der Waals surface area contributed by atoms with Crippen LogP contribution < -0.4 is 5.32 Å². The van der Waals surface area contributed by atoms with E-state index in [9.17, 15) is 4.79 Å². The third-order valence-corrected chi connectivity index (χ3v) is 3.23. The van der Waals surface area contributed by atoms with Gasteiger partial charge in [-0.15, -0.1) is 0 Å². The van der Waals surface area contributed by atoms with Crippen molar-refractivity contribution in [3.63, 3.8) is 0 Å². The molecule has 2 N–H and O–H groups in total. The van der Waals surface area contributed by atoms with Crippen molar-refractivity contribution in [2.75, 3.05) is 40.0 Å². The number of carbonyl (C=O) groups is 1. The molecule has 2 unspecified atom stereocenters. The minimum Gasteiger partial charge on any atom is -0.395 e. The van der Waals surface area contributed by atoms with Crippen LogP contribution in [-0.4, -0.2) is 61.9 Å². The molecule has 0 aromatic carbocycles. The molecule has 1 amide bonds. The molecule has 0 aromatic rings. The molecule has 1 heterocycles. The highest BCUT2D eigenvalue weighted by Crippen LogP contribution is 2.16. The number of unbranched alkanes of at least 4 members (excludes halogenated alkanes) is 1. The minimum atomic E-state index is -0.108. The van der Waals surface area contributed by atoms with Crippen molar-refractivity contribution in [1.82, 2.24) is 10.2 Å². The largest absolute Gasteiger partial charge is 0.395 e. The number of nitrogens with one attached hydrogen (secondary N) is 1. The summed E-state index contributed by atoms with van der Waals surface area (Å²) in [4.78, 5) is 14.1. The molecule has 1 rings (SSSR count). The zero-order valence-electron chi connectivity index (χ0n) is 10.8. The average molecular weight is 244 g/mol. The number of rotatable bonds is 7. The van der Waals surface area contributed by atoms with E-state index in [-0.39, 0.29) is 24.5 Å². The van der Waals surface area contributed by atoms with Gasteiger partial charge in [0, 0.05) is 19.1 Å². The first-order valence-corrected chi connectivity index (χ1v) is 6.39. The first kappa shape index (κ1) is 14.4. The second-order valence-corrected chi connectivity index (χ2v) is 4.44. The van der Waals surface area contributed by atoms with Crippen LogP contribution in [0.5, 0.6) is 0 Å². The average Bonchev–Trinajstić information content (AvgIpc) is 2.81. The van der Waals surface area contributed by atoms with Gasteiger partial charge in [0.15, 0.2) is 0 Å². The molecule has 0 aliphatic carbocycles. The third-order valence-electron chi connectivity index (χ3n) is 3.23. The Kier molecular flexibility index (Phi) is 6.47. The number of aliphatic hydroxyl groups is 1. The van der Waals surface area contributed by atoms with E-state index in [1.54, 1.807) is 4.90 Å². The maximum absolute atomic E-state index is 12.3. The molecule has 1 aliphatic heterocycles. The van der Waals surface area contributed by atoms with Gasteiger partial charge < -0.3 is 20.1 Å². The van der Waals surface area contributed by atoms with Crippen molar-refractivity contribution in [3.8, 4) is 0 Å². The smallest absolute Gasteiger partial charge is 0.229 e. The summed E-state index contributed by atoms with van der Waals surface area (Å²) >= 11 is 0. The summed E-state index contributed by atoms with van der Waals surface area (Å²) in [6, 6.07) is 0.102. The summed E-state index contributed by atoms with van der Waals surface area (Å²) in [6.07, 6.45) is 2.02. The van der Waals surface area contributed by atoms with Gasteiger partial charge in [0.2, 0.25) is 5.91 Å². The topological polar surface area (TPSA) is 61.8 Å². The highest BCUT2D eigenvalue weighted by atomic mass is 16.5. The van der Waals surface area contributed by atoms with E-state index in [0.717, 1.165) is 19.4 Å². The molecule has 1 aliphatic rings. The molecule has 1 fully saturated rings. The van der Waals surface area contributed by atoms with Crippen LogP contribution in [0.15, 0.2) is 0 Å². The van der Waals surface area contributed by atoms with E-state index < -0.39 is 0 Å². The van der Waals surface area contributed by atoms with E-state index in [1.807, 2.05) is 7.05 Å². The Hall–Kier alpha value is -0.650. The number of aliphatic hydroxyl groups excluding tert-OH is 1. The van der Waals surface area contributed by atoms with Crippen molar-refractivity contribution >= 4 is 5.91 Å². The first-order chi connectivity index (χ1) is 8.24. The Morgan fingerprint density at radius 2 is 2.24 bits per heavy atom. The minimum absolute atomic E-state index is 0.0211. The quantitative estimate of drug-likeness (QED) is 0.653. The van der Waals surface area contributed by atoms with E-state index in [1.165, 1.54) is 0 Å². The number of hydrogen-bond donors (Lipinski definition) is 2. The molecule has 0 saturated carbocycles. The fourth-order valence-electron chi connectivity index (χ4n) is 2.12. The van der Waals surface area contributed by atoms with Gasteiger partial charge in [-0.1, -0.05) is 13.3 Å². The number of nitrogens with zero attached hydrogens (tertiary/aromatic N) is 1.